The highest BCUT2D eigenvalue weighted by Gasteiger charge is 2.38. The summed E-state index contributed by atoms with van der Waals surface area (Å²) in [4.78, 5) is 13.0. The summed E-state index contributed by atoms with van der Waals surface area (Å²) >= 11 is 0. The van der Waals surface area contributed by atoms with Gasteiger partial charge in [0, 0.05) is 18.1 Å². The van der Waals surface area contributed by atoms with E-state index in [9.17, 15) is 34.8 Å². The molecule has 1 aliphatic rings. The van der Waals surface area contributed by atoms with Gasteiger partial charge in [-0.25, -0.2) is 16.8 Å². The fourth-order valence-electron chi connectivity index (χ4n) is 3.89. The molecule has 0 bridgehead atoms. The number of amides is 1. The predicted octanol–water partition coefficient (Wildman–Crippen LogP) is 3.18. The van der Waals surface area contributed by atoms with Crippen molar-refractivity contribution in [1.29, 1.82) is 0 Å². The third-order valence-electron chi connectivity index (χ3n) is 5.48. The van der Waals surface area contributed by atoms with Crippen molar-refractivity contribution in [2.24, 2.45) is 0 Å². The zero-order valence-corrected chi connectivity index (χ0v) is 21.0. The molecule has 2 rings (SSSR count). The van der Waals surface area contributed by atoms with Gasteiger partial charge in [0.2, 0.25) is 20.0 Å². The zero-order chi connectivity index (χ0) is 25.6. The van der Waals surface area contributed by atoms with E-state index in [-0.39, 0.29) is 18.5 Å². The van der Waals surface area contributed by atoms with Gasteiger partial charge >= 0.3 is 6.18 Å². The third kappa shape index (κ3) is 6.38. The van der Waals surface area contributed by atoms with E-state index in [2.05, 4.69) is 10.0 Å². The molecule has 1 amide bonds. The van der Waals surface area contributed by atoms with Gasteiger partial charge in [-0.1, -0.05) is 0 Å². The number of anilines is 1. The predicted molar refractivity (Wildman–Crippen MR) is 120 cm³/mol. The Morgan fingerprint density at radius 3 is 1.97 bits per heavy atom. The van der Waals surface area contributed by atoms with Crippen LogP contribution in [0.25, 0.3) is 0 Å². The number of hydrogen-bond acceptors (Lipinski definition) is 5. The molecule has 2 unspecified atom stereocenters. The number of benzene rings is 1. The van der Waals surface area contributed by atoms with Crippen molar-refractivity contribution in [2.75, 3.05) is 11.0 Å². The lowest BCUT2D eigenvalue weighted by Gasteiger charge is -2.41. The number of sulfonamides is 2. The van der Waals surface area contributed by atoms with Crippen LogP contribution in [0.3, 0.4) is 0 Å². The lowest BCUT2D eigenvalue weighted by molar-refractivity contribution is -0.137. The van der Waals surface area contributed by atoms with Gasteiger partial charge in [0.15, 0.2) is 0 Å². The summed E-state index contributed by atoms with van der Waals surface area (Å²) in [6, 6.07) is 0.838. The molecular formula is C20H30F3N3O5S2. The summed E-state index contributed by atoms with van der Waals surface area (Å²) in [5, 5.41) is 2.65. The maximum absolute atomic E-state index is 13.3. The van der Waals surface area contributed by atoms with Crippen molar-refractivity contribution in [1.82, 2.24) is 9.62 Å². The normalized spacial score (nSPS) is 23.2. The summed E-state index contributed by atoms with van der Waals surface area (Å²) in [6.07, 6.45) is -3.13. The second-order valence-corrected chi connectivity index (χ2v) is 13.7. The molecule has 2 atom stereocenters. The summed E-state index contributed by atoms with van der Waals surface area (Å²) in [6.45, 7) is 7.61. The fourth-order valence-corrected chi connectivity index (χ4v) is 6.15. The van der Waals surface area contributed by atoms with Crippen LogP contribution in [0.2, 0.25) is 0 Å². The summed E-state index contributed by atoms with van der Waals surface area (Å²) in [7, 11) is -7.49. The van der Waals surface area contributed by atoms with Crippen LogP contribution in [-0.2, 0) is 26.2 Å². The molecule has 8 nitrogen and oxygen atoms in total. The first-order valence-electron chi connectivity index (χ1n) is 10.3. The smallest absolute Gasteiger partial charge is 0.349 e. The zero-order valence-electron chi connectivity index (χ0n) is 19.3. The summed E-state index contributed by atoms with van der Waals surface area (Å²) in [5.74, 6) is -0.884. The van der Waals surface area contributed by atoms with Gasteiger partial charge in [0.25, 0.3) is 5.91 Å². The minimum absolute atomic E-state index is 0.255. The number of nitrogens with zero attached hydrogens (tertiary/aromatic N) is 1. The Bertz CT molecular complexity index is 1100. The molecule has 2 N–H and O–H groups in total. The topological polar surface area (TPSA) is 113 Å². The van der Waals surface area contributed by atoms with Crippen LogP contribution in [0.5, 0.6) is 0 Å². The van der Waals surface area contributed by atoms with Crippen LogP contribution in [0.1, 0.15) is 63.4 Å². The highest BCUT2D eigenvalue weighted by molar-refractivity contribution is 7.94. The molecule has 1 aromatic carbocycles. The maximum atomic E-state index is 13.3. The number of halogens is 3. The van der Waals surface area contributed by atoms with E-state index in [1.165, 1.54) is 25.1 Å². The number of carbonyl (C=O) groups is 1. The largest absolute Gasteiger partial charge is 0.416 e. The van der Waals surface area contributed by atoms with Crippen molar-refractivity contribution >= 4 is 31.6 Å². The number of rotatable bonds is 5. The number of nitrogens with one attached hydrogen (secondary N) is 2. The standard InChI is InChI=1S/C20H30F3N3O5S2/c1-12-9-15(10-13(2)26(12)32(6,28)29)24-18(27)16-11-14(20(21,22)23)7-8-17(16)25-33(30,31)19(3,4)5/h7-8,11-13,15,25H,9-10H2,1-6H3,(H,24,27). The van der Waals surface area contributed by atoms with Crippen molar-refractivity contribution in [2.45, 2.75) is 76.5 Å². The van der Waals surface area contributed by atoms with Crippen LogP contribution in [0, 0.1) is 0 Å². The Hall–Kier alpha value is -1.86. The minimum Gasteiger partial charge on any atom is -0.349 e. The average Bonchev–Trinajstić information content (AvgIpc) is 2.57. The molecule has 0 aromatic heterocycles. The second kappa shape index (κ2) is 9.06. The van der Waals surface area contributed by atoms with Gasteiger partial charge in [0.1, 0.15) is 0 Å². The Labute approximate surface area is 193 Å². The highest BCUT2D eigenvalue weighted by atomic mass is 32.2. The van der Waals surface area contributed by atoms with E-state index in [4.69, 9.17) is 0 Å². The summed E-state index contributed by atoms with van der Waals surface area (Å²) < 4.78 is 91.3. The van der Waals surface area contributed by atoms with E-state index in [0.717, 1.165) is 12.3 Å². The van der Waals surface area contributed by atoms with Gasteiger partial charge in [-0.05, 0) is 65.7 Å². The SMILES string of the molecule is CC1CC(NC(=O)c2cc(C(F)(F)F)ccc2NS(=O)(=O)C(C)(C)C)CC(C)N1S(C)(=O)=O. The van der Waals surface area contributed by atoms with Crippen LogP contribution in [0.4, 0.5) is 18.9 Å². The van der Waals surface area contributed by atoms with Gasteiger partial charge < -0.3 is 5.32 Å². The highest BCUT2D eigenvalue weighted by Crippen LogP contribution is 2.33. The first-order chi connectivity index (χ1) is 14.7. The van der Waals surface area contributed by atoms with E-state index in [1.807, 2.05) is 0 Å². The van der Waals surface area contributed by atoms with Crippen LogP contribution in [-0.4, -0.2) is 56.2 Å². The first-order valence-corrected chi connectivity index (χ1v) is 13.6. The lowest BCUT2D eigenvalue weighted by atomic mass is 9.95. The molecule has 0 radical (unpaired) electrons. The number of piperidine rings is 1. The van der Waals surface area contributed by atoms with Gasteiger partial charge in [-0.2, -0.15) is 17.5 Å². The van der Waals surface area contributed by atoms with E-state index in [1.54, 1.807) is 13.8 Å². The monoisotopic (exact) mass is 513 g/mol. The molecule has 1 heterocycles. The maximum Gasteiger partial charge on any atom is 0.416 e. The minimum atomic E-state index is -4.74. The molecule has 0 spiro atoms. The van der Waals surface area contributed by atoms with E-state index in [0.29, 0.717) is 12.1 Å². The molecule has 0 aliphatic carbocycles. The molecule has 1 aliphatic heterocycles. The van der Waals surface area contributed by atoms with Crippen LogP contribution in [0.15, 0.2) is 18.2 Å². The quantitative estimate of drug-likeness (QED) is 0.628. The molecule has 1 saturated heterocycles. The van der Waals surface area contributed by atoms with Crippen molar-refractivity contribution in [3.8, 4) is 0 Å². The van der Waals surface area contributed by atoms with Crippen LogP contribution < -0.4 is 10.0 Å². The third-order valence-corrected chi connectivity index (χ3v) is 9.07. The van der Waals surface area contributed by atoms with Crippen molar-refractivity contribution < 1.29 is 34.8 Å². The van der Waals surface area contributed by atoms with Gasteiger partial charge in [-0.15, -0.1) is 0 Å². The van der Waals surface area contributed by atoms with Crippen LogP contribution >= 0.6 is 0 Å². The molecule has 33 heavy (non-hydrogen) atoms. The molecule has 1 fully saturated rings. The molecular weight excluding hydrogens is 483 g/mol. The number of alkyl halides is 3. The first kappa shape index (κ1) is 27.4. The van der Waals surface area contributed by atoms with Gasteiger partial charge in [-0.3, -0.25) is 9.52 Å². The Morgan fingerprint density at radius 2 is 1.55 bits per heavy atom. The Balaban J connectivity index is 2.38. The van der Waals surface area contributed by atoms with E-state index < -0.39 is 66.1 Å². The number of hydrogen-bond donors (Lipinski definition) is 2. The summed E-state index contributed by atoms with van der Waals surface area (Å²) in [5.41, 5.74) is -1.84. The Morgan fingerprint density at radius 1 is 1.03 bits per heavy atom. The molecule has 1 aromatic rings. The lowest BCUT2D eigenvalue weighted by Crippen LogP contribution is -2.54. The van der Waals surface area contributed by atoms with E-state index >= 15 is 0 Å². The fraction of sp³-hybridized carbons (Fsp3) is 0.650. The average molecular weight is 514 g/mol. The molecule has 13 heteroatoms. The van der Waals surface area contributed by atoms with Gasteiger partial charge in [0.05, 0.1) is 27.8 Å². The second-order valence-electron chi connectivity index (χ2n) is 9.41. The molecule has 188 valence electrons. The van der Waals surface area contributed by atoms with Crippen molar-refractivity contribution in [3.63, 3.8) is 0 Å². The number of carbonyl (C=O) groups excluding carboxylic acids is 1. The molecule has 0 saturated carbocycles. The Kier molecular flexibility index (Phi) is 7.52. The van der Waals surface area contributed by atoms with Crippen molar-refractivity contribution in [3.05, 3.63) is 29.3 Å².